The van der Waals surface area contributed by atoms with Gasteiger partial charge in [-0.05, 0) is 37.6 Å². The van der Waals surface area contributed by atoms with Gasteiger partial charge in [-0.25, -0.2) is 0 Å². The Balaban J connectivity index is 1.94. The SMILES string of the molecule is O=C(CSC(F)(F)F)N1C2CCNCC1CC2. The number of fused-ring (bicyclic) bond motifs is 2. The Morgan fingerprint density at radius 1 is 1.29 bits per heavy atom. The summed E-state index contributed by atoms with van der Waals surface area (Å²) >= 11 is -0.238. The van der Waals surface area contributed by atoms with Crippen molar-refractivity contribution in [3.8, 4) is 0 Å². The maximum atomic E-state index is 12.1. The highest BCUT2D eigenvalue weighted by Gasteiger charge is 2.39. The molecule has 3 nitrogen and oxygen atoms in total. The van der Waals surface area contributed by atoms with Gasteiger partial charge in [-0.3, -0.25) is 4.79 Å². The van der Waals surface area contributed by atoms with E-state index in [2.05, 4.69) is 5.32 Å². The molecule has 0 aromatic carbocycles. The van der Waals surface area contributed by atoms with Crippen molar-refractivity contribution in [3.05, 3.63) is 0 Å². The summed E-state index contributed by atoms with van der Waals surface area (Å²) in [7, 11) is 0. The van der Waals surface area contributed by atoms with Gasteiger partial charge in [-0.15, -0.1) is 0 Å². The molecule has 2 unspecified atom stereocenters. The molecule has 98 valence electrons. The topological polar surface area (TPSA) is 32.3 Å². The molecule has 2 rings (SSSR count). The van der Waals surface area contributed by atoms with Crippen LogP contribution in [-0.2, 0) is 4.79 Å². The lowest BCUT2D eigenvalue weighted by atomic mass is 10.1. The van der Waals surface area contributed by atoms with Crippen molar-refractivity contribution in [2.75, 3.05) is 18.8 Å². The van der Waals surface area contributed by atoms with E-state index in [1.165, 1.54) is 0 Å². The summed E-state index contributed by atoms with van der Waals surface area (Å²) in [5.41, 5.74) is -4.32. The zero-order valence-electron chi connectivity index (χ0n) is 9.29. The Bertz CT molecular complexity index is 284. The summed E-state index contributed by atoms with van der Waals surface area (Å²) in [6, 6.07) is 0.222. The fraction of sp³-hybridized carbons (Fsp3) is 0.900. The molecule has 2 bridgehead atoms. The van der Waals surface area contributed by atoms with Crippen molar-refractivity contribution in [2.24, 2.45) is 0 Å². The number of thioether (sulfide) groups is 1. The van der Waals surface area contributed by atoms with Crippen LogP contribution in [0, 0.1) is 0 Å². The molecule has 0 aromatic rings. The van der Waals surface area contributed by atoms with E-state index in [0.717, 1.165) is 25.8 Å². The maximum absolute atomic E-state index is 12.1. The molecule has 2 fully saturated rings. The van der Waals surface area contributed by atoms with Gasteiger partial charge in [-0.1, -0.05) is 0 Å². The van der Waals surface area contributed by atoms with Crippen molar-refractivity contribution in [1.29, 1.82) is 0 Å². The molecule has 0 aromatic heterocycles. The van der Waals surface area contributed by atoms with E-state index in [0.29, 0.717) is 6.54 Å². The zero-order valence-corrected chi connectivity index (χ0v) is 10.1. The van der Waals surface area contributed by atoms with Gasteiger partial charge in [-0.2, -0.15) is 13.2 Å². The summed E-state index contributed by atoms with van der Waals surface area (Å²) in [4.78, 5) is 13.5. The Morgan fingerprint density at radius 2 is 2.00 bits per heavy atom. The van der Waals surface area contributed by atoms with Crippen LogP contribution in [0.5, 0.6) is 0 Å². The first-order chi connectivity index (χ1) is 7.97. The average molecular weight is 268 g/mol. The van der Waals surface area contributed by atoms with Gasteiger partial charge in [0.15, 0.2) is 0 Å². The van der Waals surface area contributed by atoms with E-state index in [-0.39, 0.29) is 29.8 Å². The van der Waals surface area contributed by atoms with Gasteiger partial charge < -0.3 is 10.2 Å². The first-order valence-corrected chi connectivity index (χ1v) is 6.68. The molecule has 1 amide bonds. The molecule has 0 spiro atoms. The summed E-state index contributed by atoms with van der Waals surface area (Å²) in [5, 5.41) is 3.21. The second-order valence-electron chi connectivity index (χ2n) is 4.41. The van der Waals surface area contributed by atoms with Crippen molar-refractivity contribution in [2.45, 2.75) is 36.9 Å². The van der Waals surface area contributed by atoms with Crippen LogP contribution in [0.3, 0.4) is 0 Å². The van der Waals surface area contributed by atoms with Gasteiger partial charge in [0.05, 0.1) is 5.75 Å². The normalized spacial score (nSPS) is 29.2. The number of halogens is 3. The Labute approximate surface area is 102 Å². The molecule has 2 saturated heterocycles. The number of hydrogen-bond acceptors (Lipinski definition) is 3. The fourth-order valence-electron chi connectivity index (χ4n) is 2.61. The van der Waals surface area contributed by atoms with Crippen molar-refractivity contribution >= 4 is 17.7 Å². The number of nitrogens with zero attached hydrogens (tertiary/aromatic N) is 1. The van der Waals surface area contributed by atoms with Crippen molar-refractivity contribution in [3.63, 3.8) is 0 Å². The lowest BCUT2D eigenvalue weighted by molar-refractivity contribution is -0.131. The van der Waals surface area contributed by atoms with Gasteiger partial charge >= 0.3 is 5.51 Å². The van der Waals surface area contributed by atoms with Crippen LogP contribution in [-0.4, -0.2) is 47.2 Å². The minimum absolute atomic E-state index is 0.0869. The molecule has 1 N–H and O–H groups in total. The lowest BCUT2D eigenvalue weighted by Crippen LogP contribution is -2.43. The monoisotopic (exact) mass is 268 g/mol. The summed E-state index contributed by atoms with van der Waals surface area (Å²) in [6.07, 6.45) is 2.67. The Hall–Kier alpha value is -0.430. The molecule has 7 heteroatoms. The van der Waals surface area contributed by atoms with Crippen LogP contribution in [0.1, 0.15) is 19.3 Å². The number of alkyl halides is 3. The predicted octanol–water partition coefficient (Wildman–Crippen LogP) is 1.59. The van der Waals surface area contributed by atoms with E-state index >= 15 is 0 Å². The lowest BCUT2D eigenvalue weighted by Gasteiger charge is -2.27. The molecular weight excluding hydrogens is 253 g/mol. The van der Waals surface area contributed by atoms with Crippen LogP contribution in [0.15, 0.2) is 0 Å². The first-order valence-electron chi connectivity index (χ1n) is 5.70. The third-order valence-electron chi connectivity index (χ3n) is 3.30. The molecule has 2 atom stereocenters. The minimum Gasteiger partial charge on any atom is -0.335 e. The number of rotatable bonds is 2. The number of carbonyl (C=O) groups excluding carboxylic acids is 1. The fourth-order valence-corrected chi connectivity index (χ4v) is 3.04. The molecule has 0 aliphatic carbocycles. The first kappa shape index (κ1) is 13.0. The number of carbonyl (C=O) groups is 1. The van der Waals surface area contributed by atoms with Gasteiger partial charge in [0.2, 0.25) is 5.91 Å². The van der Waals surface area contributed by atoms with E-state index < -0.39 is 11.3 Å². The van der Waals surface area contributed by atoms with E-state index in [4.69, 9.17) is 0 Å². The molecule has 2 aliphatic rings. The quantitative estimate of drug-likeness (QED) is 0.825. The number of nitrogens with one attached hydrogen (secondary N) is 1. The highest BCUT2D eigenvalue weighted by Crippen LogP contribution is 2.33. The second kappa shape index (κ2) is 5.06. The number of hydrogen-bond donors (Lipinski definition) is 1. The Morgan fingerprint density at radius 3 is 2.71 bits per heavy atom. The molecule has 0 saturated carbocycles. The largest absolute Gasteiger partial charge is 0.442 e. The van der Waals surface area contributed by atoms with Gasteiger partial charge in [0.25, 0.3) is 0 Å². The molecule has 17 heavy (non-hydrogen) atoms. The third-order valence-corrected chi connectivity index (χ3v) is 4.02. The standard InChI is InChI=1S/C10H15F3N2OS/c11-10(12,13)17-6-9(16)15-7-1-2-8(15)5-14-4-3-7/h7-8,14H,1-6H2. The minimum atomic E-state index is -4.32. The Kier molecular flexibility index (Phi) is 3.87. The highest BCUT2D eigenvalue weighted by atomic mass is 32.2. The van der Waals surface area contributed by atoms with Crippen LogP contribution in [0.4, 0.5) is 13.2 Å². The van der Waals surface area contributed by atoms with Crippen molar-refractivity contribution in [1.82, 2.24) is 10.2 Å². The van der Waals surface area contributed by atoms with Crippen LogP contribution < -0.4 is 5.32 Å². The van der Waals surface area contributed by atoms with Gasteiger partial charge in [0.1, 0.15) is 0 Å². The second-order valence-corrected chi connectivity index (χ2v) is 5.45. The third kappa shape index (κ3) is 3.28. The van der Waals surface area contributed by atoms with E-state index in [9.17, 15) is 18.0 Å². The van der Waals surface area contributed by atoms with Gasteiger partial charge in [0, 0.05) is 18.6 Å². The molecule has 0 radical (unpaired) electrons. The van der Waals surface area contributed by atoms with Crippen molar-refractivity contribution < 1.29 is 18.0 Å². The maximum Gasteiger partial charge on any atom is 0.442 e. The van der Waals surface area contributed by atoms with E-state index in [1.54, 1.807) is 4.90 Å². The molecular formula is C10H15F3N2OS. The summed E-state index contributed by atoms with van der Waals surface area (Å²) in [6.45, 7) is 1.55. The molecule has 2 aliphatic heterocycles. The van der Waals surface area contributed by atoms with Crippen LogP contribution in [0.2, 0.25) is 0 Å². The highest BCUT2D eigenvalue weighted by molar-refractivity contribution is 8.00. The van der Waals surface area contributed by atoms with Crippen LogP contribution in [0.25, 0.3) is 0 Å². The average Bonchev–Trinajstić information content (AvgIpc) is 2.47. The zero-order chi connectivity index (χ0) is 12.5. The van der Waals surface area contributed by atoms with Crippen LogP contribution >= 0.6 is 11.8 Å². The summed E-state index contributed by atoms with van der Waals surface area (Å²) < 4.78 is 36.2. The smallest absolute Gasteiger partial charge is 0.335 e. The summed E-state index contributed by atoms with van der Waals surface area (Å²) in [5.74, 6) is -0.861. The number of amides is 1. The molecule has 2 heterocycles. The van der Waals surface area contributed by atoms with E-state index in [1.807, 2.05) is 0 Å². The predicted molar refractivity (Wildman–Crippen MR) is 59.7 cm³/mol.